The van der Waals surface area contributed by atoms with Gasteiger partial charge < -0.3 is 20.1 Å². The number of carbonyl (C=O) groups is 1. The number of aromatic nitrogens is 3. The van der Waals surface area contributed by atoms with Crippen LogP contribution in [0.15, 0.2) is 77.8 Å². The van der Waals surface area contributed by atoms with Gasteiger partial charge in [-0.3, -0.25) is 9.52 Å². The van der Waals surface area contributed by atoms with Crippen LogP contribution in [0.2, 0.25) is 0 Å². The monoisotopic (exact) mass is 593 g/mol. The van der Waals surface area contributed by atoms with Gasteiger partial charge in [-0.1, -0.05) is 30.3 Å². The third-order valence-electron chi connectivity index (χ3n) is 6.94. The maximum atomic E-state index is 14.3. The molecule has 1 aliphatic carbocycles. The number of anilines is 2. The van der Waals surface area contributed by atoms with Crippen molar-refractivity contribution in [2.24, 2.45) is 0 Å². The van der Waals surface area contributed by atoms with E-state index in [2.05, 4.69) is 26.8 Å². The zero-order valence-corrected chi connectivity index (χ0v) is 23.0. The number of imidazole rings is 1. The number of methoxy groups -OCH3 is 1. The van der Waals surface area contributed by atoms with E-state index in [1.807, 2.05) is 34.9 Å². The lowest BCUT2D eigenvalue weighted by atomic mass is 10.1. The number of nitrogens with two attached hydrogens (primary N) is 1. The minimum atomic E-state index is -4.41. The van der Waals surface area contributed by atoms with Gasteiger partial charge in [-0.2, -0.15) is 0 Å². The molecule has 0 fully saturated rings. The van der Waals surface area contributed by atoms with Gasteiger partial charge in [0.05, 0.1) is 24.2 Å². The van der Waals surface area contributed by atoms with Gasteiger partial charge in [0.1, 0.15) is 22.2 Å². The molecule has 42 heavy (non-hydrogen) atoms. The molecule has 1 unspecified atom stereocenters. The number of carboxylic acid groups (broad SMARTS) is 1. The maximum absolute atomic E-state index is 14.3. The summed E-state index contributed by atoms with van der Waals surface area (Å²) >= 11 is 0. The van der Waals surface area contributed by atoms with E-state index in [9.17, 15) is 17.2 Å². The molecule has 1 aliphatic rings. The van der Waals surface area contributed by atoms with Crippen LogP contribution in [0.1, 0.15) is 23.6 Å². The van der Waals surface area contributed by atoms with Gasteiger partial charge in [-0.25, -0.2) is 27.2 Å². The Morgan fingerprint density at radius 1 is 1.10 bits per heavy atom. The number of nitrogens with one attached hydrogen (secondary N) is 1. The summed E-state index contributed by atoms with van der Waals surface area (Å²) in [5.74, 6) is -1.70. The Bertz CT molecular complexity index is 1910. The number of nitrogen functional groups attached to an aromatic ring is 1. The van der Waals surface area contributed by atoms with E-state index in [0.717, 1.165) is 41.6 Å². The lowest BCUT2D eigenvalue weighted by Gasteiger charge is -2.17. The van der Waals surface area contributed by atoms with Crippen molar-refractivity contribution in [1.29, 1.82) is 0 Å². The first kappa shape index (κ1) is 28.5. The van der Waals surface area contributed by atoms with E-state index in [4.69, 9.17) is 20.4 Å². The molecule has 0 amide bonds. The Balaban J connectivity index is 0.00000113. The van der Waals surface area contributed by atoms with Gasteiger partial charge in [-0.05, 0) is 59.9 Å². The average Bonchev–Trinajstić information content (AvgIpc) is 3.52. The number of hydrogen-bond donors (Lipinski definition) is 3. The predicted molar refractivity (Wildman–Crippen MR) is 153 cm³/mol. The second-order valence-electron chi connectivity index (χ2n) is 9.36. The minimum Gasteiger partial charge on any atom is -0.483 e. The number of benzene rings is 3. The molecular weight excluding hydrogens is 568 g/mol. The van der Waals surface area contributed by atoms with Crippen LogP contribution >= 0.6 is 0 Å². The predicted octanol–water partition coefficient (Wildman–Crippen LogP) is 5.00. The van der Waals surface area contributed by atoms with Crippen LogP contribution in [0.4, 0.5) is 20.4 Å². The summed E-state index contributed by atoms with van der Waals surface area (Å²) in [6.07, 6.45) is 3.39. The highest BCUT2D eigenvalue weighted by molar-refractivity contribution is 7.92. The summed E-state index contributed by atoms with van der Waals surface area (Å²) in [7, 11) is -3.07. The van der Waals surface area contributed by atoms with Crippen LogP contribution in [0, 0.1) is 11.6 Å². The molecule has 0 radical (unpaired) electrons. The molecule has 0 aliphatic heterocycles. The summed E-state index contributed by atoms with van der Waals surface area (Å²) in [5, 5.41) is 6.89. The molecule has 10 nitrogen and oxygen atoms in total. The van der Waals surface area contributed by atoms with Gasteiger partial charge in [0.2, 0.25) is 11.8 Å². The van der Waals surface area contributed by atoms with Crippen LogP contribution in [0.5, 0.6) is 5.88 Å². The number of aryl methyl sites for hydroxylation is 1. The van der Waals surface area contributed by atoms with Crippen molar-refractivity contribution in [2.75, 3.05) is 17.6 Å². The Labute approximate surface area is 239 Å². The maximum Gasteiger partial charge on any atom is 0.290 e. The Morgan fingerprint density at radius 3 is 2.60 bits per heavy atom. The van der Waals surface area contributed by atoms with E-state index in [-0.39, 0.29) is 24.1 Å². The highest BCUT2D eigenvalue weighted by Gasteiger charge is 2.27. The molecule has 0 saturated heterocycles. The van der Waals surface area contributed by atoms with Crippen molar-refractivity contribution in [3.05, 3.63) is 95.7 Å². The number of halogens is 2. The highest BCUT2D eigenvalue weighted by Crippen LogP contribution is 2.39. The van der Waals surface area contributed by atoms with Gasteiger partial charge in [0.15, 0.2) is 0 Å². The number of hydrogen-bond acceptors (Lipinski definition) is 7. The van der Waals surface area contributed by atoms with Gasteiger partial charge in [-0.15, -0.1) is 0 Å². The number of nitrogens with zero attached hydrogens (tertiary/aromatic N) is 3. The van der Waals surface area contributed by atoms with Crippen molar-refractivity contribution in [2.45, 2.75) is 23.8 Å². The van der Waals surface area contributed by atoms with Crippen molar-refractivity contribution in [1.82, 2.24) is 14.5 Å². The molecule has 1 atom stereocenters. The molecule has 3 aromatic carbocycles. The van der Waals surface area contributed by atoms with Crippen LogP contribution in [0.3, 0.4) is 0 Å². The van der Waals surface area contributed by atoms with E-state index in [1.165, 1.54) is 18.2 Å². The molecule has 6 rings (SSSR count). The molecule has 0 spiro atoms. The van der Waals surface area contributed by atoms with Gasteiger partial charge in [0.25, 0.3) is 16.5 Å². The molecule has 2 heterocycles. The molecule has 0 bridgehead atoms. The van der Waals surface area contributed by atoms with Crippen molar-refractivity contribution in [3.63, 3.8) is 0 Å². The number of rotatable bonds is 6. The Kier molecular flexibility index (Phi) is 7.77. The lowest BCUT2D eigenvalue weighted by molar-refractivity contribution is -0.122. The van der Waals surface area contributed by atoms with E-state index >= 15 is 0 Å². The lowest BCUT2D eigenvalue weighted by Crippen LogP contribution is -2.15. The summed E-state index contributed by atoms with van der Waals surface area (Å²) < 4.78 is 63.1. The summed E-state index contributed by atoms with van der Waals surface area (Å²) in [5.41, 5.74) is 11.7. The van der Waals surface area contributed by atoms with E-state index < -0.39 is 26.6 Å². The number of sulfonamides is 1. The topological polar surface area (TPSA) is 149 Å². The first-order valence-electron chi connectivity index (χ1n) is 12.6. The molecular formula is C29H25F2N5O5S. The van der Waals surface area contributed by atoms with Gasteiger partial charge in [0, 0.05) is 17.8 Å². The fraction of sp³-hybridized carbons (Fsp3) is 0.138. The first-order chi connectivity index (χ1) is 20.2. The molecule has 0 saturated carbocycles. The van der Waals surface area contributed by atoms with Crippen LogP contribution in [0.25, 0.3) is 22.2 Å². The molecule has 13 heteroatoms. The van der Waals surface area contributed by atoms with Crippen molar-refractivity contribution in [3.8, 4) is 17.0 Å². The fourth-order valence-electron chi connectivity index (χ4n) is 5.16. The molecule has 5 aromatic rings. The quantitative estimate of drug-likeness (QED) is 0.233. The zero-order valence-electron chi connectivity index (χ0n) is 22.2. The smallest absolute Gasteiger partial charge is 0.290 e. The third-order valence-corrected chi connectivity index (χ3v) is 8.33. The van der Waals surface area contributed by atoms with Crippen molar-refractivity contribution < 1.29 is 31.8 Å². The van der Waals surface area contributed by atoms with E-state index in [0.29, 0.717) is 17.6 Å². The highest BCUT2D eigenvalue weighted by atomic mass is 32.2. The zero-order chi connectivity index (χ0) is 30.0. The fourth-order valence-corrected chi connectivity index (χ4v) is 6.27. The van der Waals surface area contributed by atoms with Crippen molar-refractivity contribution >= 4 is 39.2 Å². The van der Waals surface area contributed by atoms with Crippen LogP contribution < -0.4 is 15.2 Å². The van der Waals surface area contributed by atoms with Gasteiger partial charge >= 0.3 is 0 Å². The molecule has 216 valence electrons. The summed E-state index contributed by atoms with van der Waals surface area (Å²) in [4.78, 5) is 16.5. The SMILES string of the molecule is COc1ncc(-c2ccc3nc(N)n(C4CCc5ccccc54)c3c2)cc1NS(=O)(=O)c1ccc(F)cc1F.O=CO. The summed E-state index contributed by atoms with van der Waals surface area (Å²) in [6.45, 7) is -0.250. The Morgan fingerprint density at radius 2 is 1.86 bits per heavy atom. The van der Waals surface area contributed by atoms with E-state index in [1.54, 1.807) is 12.3 Å². The normalized spacial score (nSPS) is 14.1. The second-order valence-corrected chi connectivity index (χ2v) is 11.0. The third kappa shape index (κ3) is 5.33. The molecule has 2 aromatic heterocycles. The standard InChI is InChI=1S/C28H23F2N5O3S.CH2O2/c1-38-27-23(34-39(36,37)26-11-8-19(29)14-21(26)30)12-18(15-32-27)17-6-9-22-25(13-17)35(28(31)33-22)24-10-7-16-4-2-3-5-20(16)24;2-1-3/h2-6,8-9,11-15,24,34H,7,10H2,1H3,(H2,31,33);1H,(H,2,3). The Hall–Kier alpha value is -5.04. The summed E-state index contributed by atoms with van der Waals surface area (Å²) in [6, 6.07) is 17.7. The number of ether oxygens (including phenoxy) is 1. The molecule has 4 N–H and O–H groups in total. The van der Waals surface area contributed by atoms with Crippen LogP contribution in [-0.2, 0) is 21.2 Å². The first-order valence-corrected chi connectivity index (χ1v) is 14.1. The minimum absolute atomic E-state index is 0.00318. The largest absolute Gasteiger partial charge is 0.483 e. The van der Waals surface area contributed by atoms with Crippen LogP contribution in [-0.4, -0.2) is 41.6 Å². The number of fused-ring (bicyclic) bond motifs is 2. The average molecular weight is 594 g/mol. The second kappa shape index (κ2) is 11.4. The number of pyridine rings is 1.